The highest BCUT2D eigenvalue weighted by Gasteiger charge is 2.16. The number of rotatable bonds is 4. The molecule has 0 saturated carbocycles. The standard InChI is InChI=1S/C16H20N2S/c1-2-15-12-19-11-14(10-17)16(18-15)9-8-13-6-4-3-5-7-13/h3-7,15,18H,2,8-9,11-12H2,1H3. The maximum absolute atomic E-state index is 9.28. The summed E-state index contributed by atoms with van der Waals surface area (Å²) in [7, 11) is 0. The van der Waals surface area contributed by atoms with Crippen LogP contribution >= 0.6 is 11.8 Å². The van der Waals surface area contributed by atoms with Crippen molar-refractivity contribution in [1.82, 2.24) is 5.32 Å². The molecule has 3 heteroatoms. The molecular weight excluding hydrogens is 252 g/mol. The van der Waals surface area contributed by atoms with Crippen LogP contribution in [-0.2, 0) is 6.42 Å². The lowest BCUT2D eigenvalue weighted by atomic mass is 10.0. The van der Waals surface area contributed by atoms with E-state index in [1.165, 1.54) is 5.56 Å². The molecule has 1 N–H and O–H groups in total. The minimum absolute atomic E-state index is 0.502. The summed E-state index contributed by atoms with van der Waals surface area (Å²) in [6.45, 7) is 2.20. The van der Waals surface area contributed by atoms with E-state index in [9.17, 15) is 5.26 Å². The maximum Gasteiger partial charge on any atom is 0.0974 e. The van der Waals surface area contributed by atoms with Gasteiger partial charge in [-0.15, -0.1) is 0 Å². The number of thioether (sulfide) groups is 1. The van der Waals surface area contributed by atoms with Crippen LogP contribution in [0.15, 0.2) is 41.6 Å². The van der Waals surface area contributed by atoms with E-state index in [0.717, 1.165) is 42.0 Å². The van der Waals surface area contributed by atoms with Gasteiger partial charge in [0, 0.05) is 23.2 Å². The molecule has 1 aromatic carbocycles. The lowest BCUT2D eigenvalue weighted by Crippen LogP contribution is -2.29. The predicted octanol–water partition coefficient (Wildman–Crippen LogP) is 3.51. The normalized spacial score (nSPS) is 19.5. The molecule has 1 atom stereocenters. The Bertz CT molecular complexity index is 473. The summed E-state index contributed by atoms with van der Waals surface area (Å²) in [5.74, 6) is 1.95. The minimum atomic E-state index is 0.502. The van der Waals surface area contributed by atoms with Crippen LogP contribution in [0.5, 0.6) is 0 Å². The van der Waals surface area contributed by atoms with Crippen molar-refractivity contribution in [1.29, 1.82) is 5.26 Å². The monoisotopic (exact) mass is 272 g/mol. The molecule has 1 aliphatic heterocycles. The zero-order valence-corrected chi connectivity index (χ0v) is 12.2. The van der Waals surface area contributed by atoms with Gasteiger partial charge in [0.1, 0.15) is 0 Å². The van der Waals surface area contributed by atoms with E-state index < -0.39 is 0 Å². The molecule has 0 spiro atoms. The Morgan fingerprint density at radius 1 is 1.32 bits per heavy atom. The zero-order valence-electron chi connectivity index (χ0n) is 11.4. The van der Waals surface area contributed by atoms with Crippen LogP contribution in [0.2, 0.25) is 0 Å². The second kappa shape index (κ2) is 7.25. The van der Waals surface area contributed by atoms with Crippen molar-refractivity contribution in [2.75, 3.05) is 11.5 Å². The molecule has 2 nitrogen and oxygen atoms in total. The SMILES string of the molecule is CCC1CSCC(C#N)=C(CCc2ccccc2)N1. The van der Waals surface area contributed by atoms with Crippen LogP contribution in [0.4, 0.5) is 0 Å². The number of hydrogen-bond acceptors (Lipinski definition) is 3. The molecule has 100 valence electrons. The van der Waals surface area contributed by atoms with E-state index in [1.54, 1.807) is 0 Å². The third-order valence-corrected chi connectivity index (χ3v) is 4.57. The van der Waals surface area contributed by atoms with Gasteiger partial charge in [0.2, 0.25) is 0 Å². The summed E-state index contributed by atoms with van der Waals surface area (Å²) in [5.41, 5.74) is 3.42. The number of hydrogen-bond donors (Lipinski definition) is 1. The summed E-state index contributed by atoms with van der Waals surface area (Å²) in [6.07, 6.45) is 3.04. The highest BCUT2D eigenvalue weighted by Crippen LogP contribution is 2.21. The van der Waals surface area contributed by atoms with Crippen LogP contribution in [-0.4, -0.2) is 17.5 Å². The highest BCUT2D eigenvalue weighted by molar-refractivity contribution is 7.99. The second-order valence-electron chi connectivity index (χ2n) is 4.82. The van der Waals surface area contributed by atoms with E-state index in [0.29, 0.717) is 6.04 Å². The summed E-state index contributed by atoms with van der Waals surface area (Å²) >= 11 is 1.86. The topological polar surface area (TPSA) is 35.8 Å². The molecule has 0 fully saturated rings. The van der Waals surface area contributed by atoms with E-state index in [1.807, 2.05) is 17.8 Å². The molecule has 1 aliphatic rings. The number of nitrogens with zero attached hydrogens (tertiary/aromatic N) is 1. The molecule has 0 saturated heterocycles. The largest absolute Gasteiger partial charge is 0.384 e. The molecule has 0 bridgehead atoms. The van der Waals surface area contributed by atoms with Gasteiger partial charge in [0.15, 0.2) is 0 Å². The number of allylic oxidation sites excluding steroid dienone is 1. The fourth-order valence-corrected chi connectivity index (χ4v) is 3.39. The molecule has 0 radical (unpaired) electrons. The molecule has 1 unspecified atom stereocenters. The summed E-state index contributed by atoms with van der Waals surface area (Å²) in [6, 6.07) is 13.3. The van der Waals surface area contributed by atoms with Crippen molar-refractivity contribution in [2.24, 2.45) is 0 Å². The molecular formula is C16H20N2S. The zero-order chi connectivity index (χ0) is 13.5. The average Bonchev–Trinajstić information content (AvgIpc) is 2.67. The van der Waals surface area contributed by atoms with E-state index in [4.69, 9.17) is 0 Å². The lowest BCUT2D eigenvalue weighted by molar-refractivity contribution is 0.586. The highest BCUT2D eigenvalue weighted by atomic mass is 32.2. The first-order chi connectivity index (χ1) is 9.33. The number of nitrogens with one attached hydrogen (secondary N) is 1. The molecule has 0 aromatic heterocycles. The number of benzene rings is 1. The molecule has 0 aliphatic carbocycles. The number of aryl methyl sites for hydroxylation is 1. The van der Waals surface area contributed by atoms with Crippen molar-refractivity contribution in [2.45, 2.75) is 32.2 Å². The molecule has 0 amide bonds. The molecule has 1 heterocycles. The smallest absolute Gasteiger partial charge is 0.0974 e. The first-order valence-electron chi connectivity index (χ1n) is 6.83. The molecule has 19 heavy (non-hydrogen) atoms. The Balaban J connectivity index is 2.06. The van der Waals surface area contributed by atoms with Gasteiger partial charge in [-0.1, -0.05) is 37.3 Å². The van der Waals surface area contributed by atoms with Crippen molar-refractivity contribution in [3.63, 3.8) is 0 Å². The quantitative estimate of drug-likeness (QED) is 0.911. The van der Waals surface area contributed by atoms with Crippen LogP contribution in [0.25, 0.3) is 0 Å². The van der Waals surface area contributed by atoms with Crippen LogP contribution in [0.3, 0.4) is 0 Å². The summed E-state index contributed by atoms with van der Waals surface area (Å²) < 4.78 is 0. The average molecular weight is 272 g/mol. The van der Waals surface area contributed by atoms with Gasteiger partial charge in [-0.25, -0.2) is 0 Å². The first kappa shape index (κ1) is 14.0. The van der Waals surface area contributed by atoms with E-state index in [2.05, 4.69) is 42.6 Å². The Hall–Kier alpha value is -1.40. The van der Waals surface area contributed by atoms with E-state index in [-0.39, 0.29) is 0 Å². The van der Waals surface area contributed by atoms with Crippen molar-refractivity contribution < 1.29 is 0 Å². The molecule has 1 aromatic rings. The predicted molar refractivity (Wildman–Crippen MR) is 81.9 cm³/mol. The number of nitriles is 1. The fraction of sp³-hybridized carbons (Fsp3) is 0.438. The van der Waals surface area contributed by atoms with Gasteiger partial charge in [-0.2, -0.15) is 17.0 Å². The Morgan fingerprint density at radius 3 is 2.79 bits per heavy atom. The minimum Gasteiger partial charge on any atom is -0.384 e. The molecule has 2 rings (SSSR count). The van der Waals surface area contributed by atoms with Gasteiger partial charge in [-0.05, 0) is 24.8 Å². The van der Waals surface area contributed by atoms with Crippen molar-refractivity contribution in [3.05, 3.63) is 47.2 Å². The van der Waals surface area contributed by atoms with Gasteiger partial charge in [0.25, 0.3) is 0 Å². The van der Waals surface area contributed by atoms with Gasteiger partial charge < -0.3 is 5.32 Å². The summed E-state index contributed by atoms with van der Waals surface area (Å²) in [4.78, 5) is 0. The third kappa shape index (κ3) is 4.04. The summed E-state index contributed by atoms with van der Waals surface area (Å²) in [5, 5.41) is 12.9. The van der Waals surface area contributed by atoms with Crippen LogP contribution in [0, 0.1) is 11.3 Å². The lowest BCUT2D eigenvalue weighted by Gasteiger charge is -2.18. The first-order valence-corrected chi connectivity index (χ1v) is 7.99. The Labute approximate surface area is 119 Å². The van der Waals surface area contributed by atoms with Crippen LogP contribution < -0.4 is 5.32 Å². The Morgan fingerprint density at radius 2 is 2.11 bits per heavy atom. The van der Waals surface area contributed by atoms with Gasteiger partial charge in [0.05, 0.1) is 11.6 Å². The second-order valence-corrected chi connectivity index (χ2v) is 5.85. The van der Waals surface area contributed by atoms with E-state index >= 15 is 0 Å². The fourth-order valence-electron chi connectivity index (χ4n) is 2.22. The van der Waals surface area contributed by atoms with Crippen LogP contribution in [0.1, 0.15) is 25.3 Å². The van der Waals surface area contributed by atoms with Gasteiger partial charge >= 0.3 is 0 Å². The third-order valence-electron chi connectivity index (χ3n) is 3.44. The Kier molecular flexibility index (Phi) is 5.35. The van der Waals surface area contributed by atoms with Crippen molar-refractivity contribution in [3.8, 4) is 6.07 Å². The maximum atomic E-state index is 9.28. The van der Waals surface area contributed by atoms with Crippen molar-refractivity contribution >= 4 is 11.8 Å². The van der Waals surface area contributed by atoms with Gasteiger partial charge in [-0.3, -0.25) is 0 Å².